The van der Waals surface area contributed by atoms with Crippen molar-refractivity contribution in [2.75, 3.05) is 5.32 Å². The number of pyridine rings is 1. The van der Waals surface area contributed by atoms with Crippen molar-refractivity contribution in [2.24, 2.45) is 7.05 Å². The zero-order chi connectivity index (χ0) is 13.1. The minimum absolute atomic E-state index is 0.230. The fourth-order valence-corrected chi connectivity index (χ4v) is 1.67. The summed E-state index contributed by atoms with van der Waals surface area (Å²) < 4.78 is 1.64. The van der Waals surface area contributed by atoms with Crippen molar-refractivity contribution in [3.63, 3.8) is 0 Å². The normalized spacial score (nSPS) is 10.3. The third-order valence-corrected chi connectivity index (χ3v) is 2.50. The standard InChI is InChI=1S/C12H14N4O2/c1-3-8-10(7-16(2)15-8)14-12(18)9-5-4-6-11(17)13-9/h4-7H,3H2,1-2H3,(H,13,17)(H,14,18). The van der Waals surface area contributed by atoms with E-state index in [9.17, 15) is 9.59 Å². The van der Waals surface area contributed by atoms with Gasteiger partial charge in [-0.2, -0.15) is 5.10 Å². The molecule has 0 fully saturated rings. The zero-order valence-corrected chi connectivity index (χ0v) is 10.2. The van der Waals surface area contributed by atoms with Crippen LogP contribution in [0.1, 0.15) is 23.1 Å². The molecule has 0 unspecified atom stereocenters. The number of nitrogens with zero attached hydrogens (tertiary/aromatic N) is 2. The van der Waals surface area contributed by atoms with Gasteiger partial charge in [-0.05, 0) is 12.5 Å². The number of aromatic nitrogens is 3. The van der Waals surface area contributed by atoms with Crippen LogP contribution in [0.4, 0.5) is 5.69 Å². The fraction of sp³-hybridized carbons (Fsp3) is 0.250. The molecule has 6 nitrogen and oxygen atoms in total. The van der Waals surface area contributed by atoms with Gasteiger partial charge in [0.15, 0.2) is 0 Å². The van der Waals surface area contributed by atoms with Gasteiger partial charge in [0.05, 0.1) is 11.4 Å². The molecule has 0 radical (unpaired) electrons. The Hall–Kier alpha value is -2.37. The second-order valence-corrected chi connectivity index (χ2v) is 3.90. The third kappa shape index (κ3) is 2.48. The number of aromatic amines is 1. The summed E-state index contributed by atoms with van der Waals surface area (Å²) in [7, 11) is 1.79. The van der Waals surface area contributed by atoms with Crippen LogP contribution in [0, 0.1) is 0 Å². The number of rotatable bonds is 3. The number of hydrogen-bond donors (Lipinski definition) is 2. The van der Waals surface area contributed by atoms with Gasteiger partial charge >= 0.3 is 0 Å². The molecule has 18 heavy (non-hydrogen) atoms. The van der Waals surface area contributed by atoms with Gasteiger partial charge in [-0.25, -0.2) is 0 Å². The van der Waals surface area contributed by atoms with E-state index >= 15 is 0 Å². The monoisotopic (exact) mass is 246 g/mol. The Morgan fingerprint density at radius 3 is 2.94 bits per heavy atom. The highest BCUT2D eigenvalue weighted by molar-refractivity contribution is 6.03. The molecule has 0 atom stereocenters. The lowest BCUT2D eigenvalue weighted by Gasteiger charge is -2.03. The van der Waals surface area contributed by atoms with Crippen LogP contribution in [0.15, 0.2) is 29.2 Å². The lowest BCUT2D eigenvalue weighted by Crippen LogP contribution is -2.18. The predicted molar refractivity (Wildman–Crippen MR) is 67.6 cm³/mol. The Morgan fingerprint density at radius 2 is 2.28 bits per heavy atom. The van der Waals surface area contributed by atoms with Gasteiger partial charge in [0, 0.05) is 19.3 Å². The average Bonchev–Trinajstić information content (AvgIpc) is 2.69. The van der Waals surface area contributed by atoms with E-state index in [0.717, 1.165) is 12.1 Å². The Morgan fingerprint density at radius 1 is 1.50 bits per heavy atom. The van der Waals surface area contributed by atoms with Crippen molar-refractivity contribution in [1.82, 2.24) is 14.8 Å². The minimum atomic E-state index is -0.351. The predicted octanol–water partition coefficient (Wildman–Crippen LogP) is 0.923. The van der Waals surface area contributed by atoms with Crippen molar-refractivity contribution in [1.29, 1.82) is 0 Å². The number of amides is 1. The molecular weight excluding hydrogens is 232 g/mol. The number of aryl methyl sites for hydroxylation is 2. The maximum atomic E-state index is 11.9. The Balaban J connectivity index is 2.23. The van der Waals surface area contributed by atoms with E-state index in [-0.39, 0.29) is 17.2 Å². The van der Waals surface area contributed by atoms with E-state index < -0.39 is 0 Å². The highest BCUT2D eigenvalue weighted by Crippen LogP contribution is 2.14. The van der Waals surface area contributed by atoms with Crippen molar-refractivity contribution in [3.05, 3.63) is 46.1 Å². The molecule has 2 aromatic heterocycles. The lowest BCUT2D eigenvalue weighted by atomic mass is 10.3. The molecule has 0 spiro atoms. The van der Waals surface area contributed by atoms with Crippen molar-refractivity contribution >= 4 is 11.6 Å². The quantitative estimate of drug-likeness (QED) is 0.845. The molecule has 6 heteroatoms. The summed E-state index contributed by atoms with van der Waals surface area (Å²) in [5.41, 5.74) is 1.40. The van der Waals surface area contributed by atoms with E-state index in [1.54, 1.807) is 24.0 Å². The first-order chi connectivity index (χ1) is 8.60. The van der Waals surface area contributed by atoms with Gasteiger partial charge in [-0.3, -0.25) is 14.3 Å². The van der Waals surface area contributed by atoms with Crippen LogP contribution in [0.3, 0.4) is 0 Å². The highest BCUT2D eigenvalue weighted by atomic mass is 16.2. The Labute approximate surface area is 104 Å². The Bertz CT molecular complexity index is 627. The van der Waals surface area contributed by atoms with E-state index in [1.807, 2.05) is 6.92 Å². The van der Waals surface area contributed by atoms with Gasteiger partial charge < -0.3 is 10.3 Å². The molecule has 2 heterocycles. The second kappa shape index (κ2) is 4.87. The largest absolute Gasteiger partial charge is 0.318 e. The molecular formula is C12H14N4O2. The molecule has 2 N–H and O–H groups in total. The molecule has 0 saturated carbocycles. The smallest absolute Gasteiger partial charge is 0.272 e. The van der Waals surface area contributed by atoms with E-state index in [1.165, 1.54) is 12.1 Å². The Kier molecular flexibility index (Phi) is 3.27. The van der Waals surface area contributed by atoms with Crippen LogP contribution in [-0.4, -0.2) is 20.7 Å². The van der Waals surface area contributed by atoms with Crippen molar-refractivity contribution in [3.8, 4) is 0 Å². The zero-order valence-electron chi connectivity index (χ0n) is 10.2. The number of carbonyl (C=O) groups is 1. The van der Waals surface area contributed by atoms with Crippen LogP contribution in [-0.2, 0) is 13.5 Å². The third-order valence-electron chi connectivity index (χ3n) is 2.50. The van der Waals surface area contributed by atoms with Crippen LogP contribution in [0.5, 0.6) is 0 Å². The molecule has 2 aromatic rings. The number of anilines is 1. The summed E-state index contributed by atoms with van der Waals surface area (Å²) >= 11 is 0. The van der Waals surface area contributed by atoms with E-state index in [0.29, 0.717) is 5.69 Å². The molecule has 94 valence electrons. The first-order valence-electron chi connectivity index (χ1n) is 5.63. The highest BCUT2D eigenvalue weighted by Gasteiger charge is 2.11. The molecule has 0 saturated heterocycles. The minimum Gasteiger partial charge on any atom is -0.318 e. The van der Waals surface area contributed by atoms with Gasteiger partial charge in [-0.1, -0.05) is 13.0 Å². The summed E-state index contributed by atoms with van der Waals surface area (Å²) in [5, 5.41) is 6.96. The number of carbonyl (C=O) groups excluding carboxylic acids is 1. The molecule has 2 rings (SSSR count). The fourth-order valence-electron chi connectivity index (χ4n) is 1.67. The van der Waals surface area contributed by atoms with Gasteiger partial charge in [-0.15, -0.1) is 0 Å². The van der Waals surface area contributed by atoms with Gasteiger partial charge in [0.1, 0.15) is 5.69 Å². The summed E-state index contributed by atoms with van der Waals surface area (Å²) in [6.07, 6.45) is 2.46. The summed E-state index contributed by atoms with van der Waals surface area (Å²) in [6.45, 7) is 1.96. The molecule has 0 aromatic carbocycles. The SMILES string of the molecule is CCc1nn(C)cc1NC(=O)c1cccc(=O)[nH]1. The van der Waals surface area contributed by atoms with Crippen LogP contribution in [0.25, 0.3) is 0 Å². The first kappa shape index (κ1) is 12.1. The maximum Gasteiger partial charge on any atom is 0.272 e. The van der Waals surface area contributed by atoms with E-state index in [4.69, 9.17) is 0 Å². The molecule has 0 aliphatic heterocycles. The molecule has 0 bridgehead atoms. The van der Waals surface area contributed by atoms with Crippen molar-refractivity contribution in [2.45, 2.75) is 13.3 Å². The van der Waals surface area contributed by atoms with Gasteiger partial charge in [0.2, 0.25) is 5.56 Å². The van der Waals surface area contributed by atoms with Crippen LogP contribution >= 0.6 is 0 Å². The summed E-state index contributed by atoms with van der Waals surface area (Å²) in [5.74, 6) is -0.351. The van der Waals surface area contributed by atoms with Crippen LogP contribution < -0.4 is 10.9 Å². The van der Waals surface area contributed by atoms with Crippen molar-refractivity contribution < 1.29 is 4.79 Å². The number of nitrogens with one attached hydrogen (secondary N) is 2. The topological polar surface area (TPSA) is 79.8 Å². The maximum absolute atomic E-state index is 11.9. The van der Waals surface area contributed by atoms with E-state index in [2.05, 4.69) is 15.4 Å². The molecule has 0 aliphatic carbocycles. The number of H-pyrrole nitrogens is 1. The van der Waals surface area contributed by atoms with Gasteiger partial charge in [0.25, 0.3) is 5.91 Å². The first-order valence-corrected chi connectivity index (χ1v) is 5.63. The number of hydrogen-bond acceptors (Lipinski definition) is 3. The summed E-state index contributed by atoms with van der Waals surface area (Å²) in [4.78, 5) is 25.5. The lowest BCUT2D eigenvalue weighted by molar-refractivity contribution is 0.102. The molecule has 0 aliphatic rings. The average molecular weight is 246 g/mol. The summed E-state index contributed by atoms with van der Waals surface area (Å²) in [6, 6.07) is 4.45. The van der Waals surface area contributed by atoms with Crippen LogP contribution in [0.2, 0.25) is 0 Å². The molecule has 1 amide bonds. The second-order valence-electron chi connectivity index (χ2n) is 3.90.